The molecule has 0 bridgehead atoms. The Hall–Kier alpha value is -1.36. The largest absolute Gasteiger partial charge is 0.392 e. The number of nitrogens with zero attached hydrogens (tertiary/aromatic N) is 2. The molecule has 0 aliphatic heterocycles. The van der Waals surface area contributed by atoms with E-state index in [1.807, 2.05) is 0 Å². The number of hydrogen-bond acceptors (Lipinski definition) is 3. The van der Waals surface area contributed by atoms with Gasteiger partial charge >= 0.3 is 0 Å². The third kappa shape index (κ3) is 1.82. The lowest BCUT2D eigenvalue weighted by Gasteiger charge is -1.93. The molecule has 1 rings (SSSR count). The van der Waals surface area contributed by atoms with Crippen LogP contribution in [0.25, 0.3) is 0 Å². The van der Waals surface area contributed by atoms with Crippen molar-refractivity contribution in [2.75, 3.05) is 0 Å². The number of hydrogen-bond donors (Lipinski definition) is 2. The van der Waals surface area contributed by atoms with Crippen molar-refractivity contribution in [1.29, 1.82) is 0 Å². The van der Waals surface area contributed by atoms with E-state index >= 15 is 0 Å². The molecule has 1 amide bonds. The number of primary amides is 1. The van der Waals surface area contributed by atoms with Gasteiger partial charge in [0.1, 0.15) is 6.54 Å². The minimum atomic E-state index is -0.443. The number of carbonyl (C=O) groups excluding carboxylic acids is 1. The zero-order chi connectivity index (χ0) is 9.14. The van der Waals surface area contributed by atoms with E-state index in [2.05, 4.69) is 5.10 Å². The molecule has 0 spiro atoms. The average molecular weight is 169 g/mol. The van der Waals surface area contributed by atoms with Crippen molar-refractivity contribution >= 4 is 5.91 Å². The Kier molecular flexibility index (Phi) is 2.44. The third-order valence-corrected chi connectivity index (χ3v) is 1.54. The molecule has 1 heterocycles. The molecule has 0 aliphatic carbocycles. The number of aliphatic hydroxyl groups excluding tert-OH is 1. The molecule has 5 nitrogen and oxygen atoms in total. The summed E-state index contributed by atoms with van der Waals surface area (Å²) in [5.74, 6) is -0.443. The maximum absolute atomic E-state index is 10.5. The van der Waals surface area contributed by atoms with E-state index < -0.39 is 5.91 Å². The number of carbonyl (C=O) groups is 1. The number of aromatic nitrogens is 2. The fraction of sp³-hybridized carbons (Fsp3) is 0.429. The monoisotopic (exact) mass is 169 g/mol. The summed E-state index contributed by atoms with van der Waals surface area (Å²) in [5, 5.41) is 12.8. The Labute approximate surface area is 69.8 Å². The van der Waals surface area contributed by atoms with Gasteiger partial charge in [-0.25, -0.2) is 0 Å². The first-order valence-electron chi connectivity index (χ1n) is 3.55. The van der Waals surface area contributed by atoms with E-state index in [0.717, 1.165) is 11.3 Å². The number of aliphatic hydroxyl groups is 1. The summed E-state index contributed by atoms with van der Waals surface area (Å²) in [7, 11) is 0. The van der Waals surface area contributed by atoms with Crippen LogP contribution in [0.2, 0.25) is 0 Å². The van der Waals surface area contributed by atoms with Gasteiger partial charge in [0, 0.05) is 11.8 Å². The molecule has 0 aliphatic rings. The summed E-state index contributed by atoms with van der Waals surface area (Å²) in [6.07, 6.45) is 1.61. The summed E-state index contributed by atoms with van der Waals surface area (Å²) in [6.45, 7) is 1.76. The van der Waals surface area contributed by atoms with E-state index in [1.165, 1.54) is 4.68 Å². The van der Waals surface area contributed by atoms with Gasteiger partial charge in [0.25, 0.3) is 0 Å². The van der Waals surface area contributed by atoms with Crippen LogP contribution in [-0.4, -0.2) is 20.8 Å². The molecule has 0 radical (unpaired) electrons. The number of aryl methyl sites for hydroxylation is 1. The van der Waals surface area contributed by atoms with Gasteiger partial charge in [-0.3, -0.25) is 9.48 Å². The van der Waals surface area contributed by atoms with Crippen molar-refractivity contribution in [3.63, 3.8) is 0 Å². The van der Waals surface area contributed by atoms with E-state index in [4.69, 9.17) is 10.8 Å². The van der Waals surface area contributed by atoms with Crippen LogP contribution in [0.15, 0.2) is 6.20 Å². The summed E-state index contributed by atoms with van der Waals surface area (Å²) in [6, 6.07) is 0. The summed E-state index contributed by atoms with van der Waals surface area (Å²) in [5.41, 5.74) is 6.40. The van der Waals surface area contributed by atoms with Crippen LogP contribution in [0.1, 0.15) is 11.3 Å². The van der Waals surface area contributed by atoms with E-state index in [-0.39, 0.29) is 13.2 Å². The van der Waals surface area contributed by atoms with Gasteiger partial charge in [0.05, 0.1) is 12.3 Å². The quantitative estimate of drug-likeness (QED) is 0.619. The zero-order valence-corrected chi connectivity index (χ0v) is 6.82. The Morgan fingerprint density at radius 1 is 1.83 bits per heavy atom. The van der Waals surface area contributed by atoms with Gasteiger partial charge in [-0.1, -0.05) is 0 Å². The van der Waals surface area contributed by atoms with Crippen LogP contribution in [0.3, 0.4) is 0 Å². The molecule has 12 heavy (non-hydrogen) atoms. The highest BCUT2D eigenvalue weighted by atomic mass is 16.3. The highest BCUT2D eigenvalue weighted by molar-refractivity contribution is 5.73. The topological polar surface area (TPSA) is 81.1 Å². The van der Waals surface area contributed by atoms with E-state index in [0.29, 0.717) is 0 Å². The van der Waals surface area contributed by atoms with Gasteiger partial charge in [0.15, 0.2) is 0 Å². The minimum absolute atomic E-state index is 0.0564. The van der Waals surface area contributed by atoms with Crippen molar-refractivity contribution in [3.05, 3.63) is 17.5 Å². The summed E-state index contributed by atoms with van der Waals surface area (Å²) < 4.78 is 1.42. The molecule has 0 saturated carbocycles. The van der Waals surface area contributed by atoms with Gasteiger partial charge in [0.2, 0.25) is 5.91 Å². The number of rotatable bonds is 3. The van der Waals surface area contributed by atoms with Crippen LogP contribution in [0, 0.1) is 6.92 Å². The Morgan fingerprint density at radius 2 is 2.50 bits per heavy atom. The van der Waals surface area contributed by atoms with E-state index in [9.17, 15) is 4.79 Å². The Balaban J connectivity index is 2.82. The van der Waals surface area contributed by atoms with Crippen LogP contribution in [-0.2, 0) is 17.9 Å². The van der Waals surface area contributed by atoms with Crippen molar-refractivity contribution < 1.29 is 9.90 Å². The van der Waals surface area contributed by atoms with E-state index in [1.54, 1.807) is 13.1 Å². The molecule has 0 unspecified atom stereocenters. The maximum atomic E-state index is 10.5. The molecule has 0 fully saturated rings. The fourth-order valence-electron chi connectivity index (χ4n) is 0.955. The lowest BCUT2D eigenvalue weighted by Crippen LogP contribution is -2.18. The molecule has 3 N–H and O–H groups in total. The fourth-order valence-corrected chi connectivity index (χ4v) is 0.955. The first-order valence-corrected chi connectivity index (χ1v) is 3.55. The zero-order valence-electron chi connectivity index (χ0n) is 6.82. The van der Waals surface area contributed by atoms with Gasteiger partial charge in [-0.15, -0.1) is 0 Å². The van der Waals surface area contributed by atoms with Crippen molar-refractivity contribution in [2.24, 2.45) is 5.73 Å². The highest BCUT2D eigenvalue weighted by Crippen LogP contribution is 2.04. The third-order valence-electron chi connectivity index (χ3n) is 1.54. The first kappa shape index (κ1) is 8.73. The van der Waals surface area contributed by atoms with Gasteiger partial charge in [-0.2, -0.15) is 5.10 Å². The Bertz CT molecular complexity index is 293. The average Bonchev–Trinajstić information content (AvgIpc) is 2.29. The number of nitrogens with two attached hydrogens (primary N) is 1. The van der Waals surface area contributed by atoms with Crippen molar-refractivity contribution in [1.82, 2.24) is 9.78 Å². The maximum Gasteiger partial charge on any atom is 0.239 e. The molecule has 5 heteroatoms. The standard InChI is InChI=1S/C7H11N3O2/c1-5-6(4-11)2-10(9-5)3-7(8)12/h2,11H,3-4H2,1H3,(H2,8,12). The summed E-state index contributed by atoms with van der Waals surface area (Å²) in [4.78, 5) is 10.5. The second-order valence-corrected chi connectivity index (χ2v) is 2.56. The molecule has 1 aromatic heterocycles. The predicted molar refractivity (Wildman–Crippen MR) is 42.1 cm³/mol. The van der Waals surface area contributed by atoms with Gasteiger partial charge < -0.3 is 10.8 Å². The molecule has 66 valence electrons. The van der Waals surface area contributed by atoms with Crippen LogP contribution in [0.4, 0.5) is 0 Å². The molecule has 0 aromatic carbocycles. The van der Waals surface area contributed by atoms with Crippen molar-refractivity contribution in [2.45, 2.75) is 20.1 Å². The SMILES string of the molecule is Cc1nn(CC(N)=O)cc1CO. The normalized spacial score (nSPS) is 10.2. The van der Waals surface area contributed by atoms with Crippen LogP contribution in [0.5, 0.6) is 0 Å². The van der Waals surface area contributed by atoms with Crippen LogP contribution >= 0.6 is 0 Å². The highest BCUT2D eigenvalue weighted by Gasteiger charge is 2.04. The lowest BCUT2D eigenvalue weighted by molar-refractivity contribution is -0.118. The predicted octanol–water partition coefficient (Wildman–Crippen LogP) is -0.831. The second kappa shape index (κ2) is 3.36. The summed E-state index contributed by atoms with van der Waals surface area (Å²) >= 11 is 0. The molecule has 0 atom stereocenters. The minimum Gasteiger partial charge on any atom is -0.392 e. The van der Waals surface area contributed by atoms with Crippen molar-refractivity contribution in [3.8, 4) is 0 Å². The Morgan fingerprint density at radius 3 is 2.92 bits per heavy atom. The molecule has 1 aromatic rings. The second-order valence-electron chi connectivity index (χ2n) is 2.56. The smallest absolute Gasteiger partial charge is 0.239 e. The van der Waals surface area contributed by atoms with Gasteiger partial charge in [-0.05, 0) is 6.92 Å². The molecular weight excluding hydrogens is 158 g/mol. The number of amides is 1. The molecular formula is C7H11N3O2. The molecule has 0 saturated heterocycles. The lowest BCUT2D eigenvalue weighted by atomic mass is 10.3. The van der Waals surface area contributed by atoms with Crippen LogP contribution < -0.4 is 5.73 Å². The first-order chi connectivity index (χ1) is 5.63.